The third kappa shape index (κ3) is 2.45. The summed E-state index contributed by atoms with van der Waals surface area (Å²) in [5.74, 6) is 0.505. The van der Waals surface area contributed by atoms with Crippen LogP contribution in [0.25, 0.3) is 5.95 Å². The zero-order valence-corrected chi connectivity index (χ0v) is 12.0. The topological polar surface area (TPSA) is 67.4 Å². The molecule has 2 aromatic heterocycles. The first-order valence-electron chi connectivity index (χ1n) is 5.95. The summed E-state index contributed by atoms with van der Waals surface area (Å²) in [6.45, 7) is 7.69. The molecule has 0 aromatic carbocycles. The highest BCUT2D eigenvalue weighted by atomic mass is 35.5. The fourth-order valence-electron chi connectivity index (χ4n) is 1.86. The van der Waals surface area contributed by atoms with E-state index in [9.17, 15) is 5.26 Å². The third-order valence-electron chi connectivity index (χ3n) is 2.67. The molecule has 2 rings (SSSR count). The number of aryl methyl sites for hydroxylation is 2. The third-order valence-corrected chi connectivity index (χ3v) is 3.02. The fourth-order valence-corrected chi connectivity index (χ4v) is 2.11. The van der Waals surface area contributed by atoms with Crippen molar-refractivity contribution in [1.82, 2.24) is 19.7 Å². The van der Waals surface area contributed by atoms with E-state index < -0.39 is 0 Å². The Morgan fingerprint density at radius 3 is 2.26 bits per heavy atom. The lowest BCUT2D eigenvalue weighted by atomic mass is 10.1. The molecule has 98 valence electrons. The molecule has 0 saturated carbocycles. The van der Waals surface area contributed by atoms with Gasteiger partial charge in [-0.3, -0.25) is 0 Å². The van der Waals surface area contributed by atoms with Gasteiger partial charge in [-0.15, -0.1) is 0 Å². The average Bonchev–Trinajstić information content (AvgIpc) is 2.65. The van der Waals surface area contributed by atoms with Gasteiger partial charge in [-0.05, 0) is 25.8 Å². The summed E-state index contributed by atoms with van der Waals surface area (Å²) >= 11 is 6.21. The maximum Gasteiger partial charge on any atom is 0.252 e. The van der Waals surface area contributed by atoms with Gasteiger partial charge < -0.3 is 0 Å². The van der Waals surface area contributed by atoms with E-state index in [4.69, 9.17) is 11.6 Å². The fraction of sp³-hybridized carbons (Fsp3) is 0.385. The number of nitriles is 1. The smallest absolute Gasteiger partial charge is 0.216 e. The van der Waals surface area contributed by atoms with Gasteiger partial charge in [-0.1, -0.05) is 25.4 Å². The SMILES string of the molecule is Cc1cc(C)nc(-n2nc(C(C)C)c(C#N)c2Cl)n1. The van der Waals surface area contributed by atoms with Crippen LogP contribution >= 0.6 is 11.6 Å². The van der Waals surface area contributed by atoms with Crippen LogP contribution in [0.3, 0.4) is 0 Å². The summed E-state index contributed by atoms with van der Waals surface area (Å²) in [5, 5.41) is 13.8. The van der Waals surface area contributed by atoms with Gasteiger partial charge >= 0.3 is 0 Å². The number of rotatable bonds is 2. The molecule has 0 unspecified atom stereocenters. The van der Waals surface area contributed by atoms with Crippen molar-refractivity contribution in [3.8, 4) is 12.0 Å². The molecule has 0 saturated heterocycles. The molecule has 19 heavy (non-hydrogen) atoms. The molecule has 0 aliphatic heterocycles. The predicted molar refractivity (Wildman–Crippen MR) is 72.4 cm³/mol. The number of hydrogen-bond acceptors (Lipinski definition) is 4. The Kier molecular flexibility index (Phi) is 3.54. The number of halogens is 1. The first kappa shape index (κ1) is 13.5. The van der Waals surface area contributed by atoms with Gasteiger partial charge in [-0.2, -0.15) is 15.0 Å². The van der Waals surface area contributed by atoms with Crippen LogP contribution < -0.4 is 0 Å². The van der Waals surface area contributed by atoms with Crippen LogP contribution in [0.5, 0.6) is 0 Å². The lowest BCUT2D eigenvalue weighted by Crippen LogP contribution is -2.06. The summed E-state index contributed by atoms with van der Waals surface area (Å²) in [6.07, 6.45) is 0. The first-order valence-corrected chi connectivity index (χ1v) is 6.33. The lowest BCUT2D eigenvalue weighted by molar-refractivity contribution is 0.736. The number of hydrogen-bond donors (Lipinski definition) is 0. The molecule has 2 aromatic rings. The van der Waals surface area contributed by atoms with Gasteiger partial charge in [-0.25, -0.2) is 9.97 Å². The van der Waals surface area contributed by atoms with Crippen molar-refractivity contribution < 1.29 is 0 Å². The summed E-state index contributed by atoms with van der Waals surface area (Å²) in [6, 6.07) is 3.96. The largest absolute Gasteiger partial charge is 0.252 e. The molecule has 0 amide bonds. The van der Waals surface area contributed by atoms with Gasteiger partial charge in [0.1, 0.15) is 11.6 Å². The zero-order chi connectivity index (χ0) is 14.2. The second-order valence-electron chi connectivity index (χ2n) is 4.68. The van der Waals surface area contributed by atoms with Crippen molar-refractivity contribution in [2.24, 2.45) is 0 Å². The first-order chi connectivity index (χ1) is 8.93. The molecule has 6 heteroatoms. The molecule has 0 fully saturated rings. The molecule has 0 spiro atoms. The number of aromatic nitrogens is 4. The maximum atomic E-state index is 9.19. The van der Waals surface area contributed by atoms with Crippen molar-refractivity contribution in [2.75, 3.05) is 0 Å². The van der Waals surface area contributed by atoms with Crippen molar-refractivity contribution in [1.29, 1.82) is 5.26 Å². The van der Waals surface area contributed by atoms with Crippen molar-refractivity contribution in [2.45, 2.75) is 33.6 Å². The van der Waals surface area contributed by atoms with E-state index in [0.29, 0.717) is 17.2 Å². The quantitative estimate of drug-likeness (QED) is 0.845. The van der Waals surface area contributed by atoms with Gasteiger partial charge in [0.15, 0.2) is 5.15 Å². The van der Waals surface area contributed by atoms with Crippen molar-refractivity contribution in [3.05, 3.63) is 33.9 Å². The average molecular weight is 276 g/mol. The van der Waals surface area contributed by atoms with Crippen molar-refractivity contribution >= 4 is 11.6 Å². The Balaban J connectivity index is 2.67. The van der Waals surface area contributed by atoms with Gasteiger partial charge in [0.25, 0.3) is 5.95 Å². The molecule has 0 bridgehead atoms. The molecule has 0 atom stereocenters. The highest BCUT2D eigenvalue weighted by Gasteiger charge is 2.20. The number of nitrogens with zero attached hydrogens (tertiary/aromatic N) is 5. The van der Waals surface area contributed by atoms with Crippen LogP contribution in [0, 0.1) is 25.2 Å². The second-order valence-corrected chi connectivity index (χ2v) is 5.04. The van der Waals surface area contributed by atoms with Gasteiger partial charge in [0.2, 0.25) is 0 Å². The minimum absolute atomic E-state index is 0.110. The summed E-state index contributed by atoms with van der Waals surface area (Å²) in [5.41, 5.74) is 2.71. The van der Waals surface area contributed by atoms with E-state index in [1.807, 2.05) is 33.8 Å². The molecule has 0 radical (unpaired) electrons. The van der Waals surface area contributed by atoms with Gasteiger partial charge in [0, 0.05) is 11.4 Å². The summed E-state index contributed by atoms with van der Waals surface area (Å²) in [4.78, 5) is 8.62. The standard InChI is InChI=1S/C13H14ClN5/c1-7(2)11-10(6-15)12(14)19(18-11)13-16-8(3)5-9(4)17-13/h5,7H,1-4H3. The lowest BCUT2D eigenvalue weighted by Gasteiger charge is -2.03. The predicted octanol–water partition coefficient (Wildman–Crippen LogP) is 2.93. The van der Waals surface area contributed by atoms with E-state index in [0.717, 1.165) is 11.4 Å². The van der Waals surface area contributed by atoms with Gasteiger partial charge in [0.05, 0.1) is 5.69 Å². The summed E-state index contributed by atoms with van der Waals surface area (Å²) < 4.78 is 1.43. The monoisotopic (exact) mass is 275 g/mol. The Morgan fingerprint density at radius 1 is 1.26 bits per heavy atom. The second kappa shape index (κ2) is 4.98. The Labute approximate surface area is 116 Å². The normalized spacial score (nSPS) is 10.8. The van der Waals surface area contributed by atoms with E-state index in [1.54, 1.807) is 0 Å². The molecule has 2 heterocycles. The Morgan fingerprint density at radius 2 is 1.84 bits per heavy atom. The molecular formula is C13H14ClN5. The van der Waals surface area contributed by atoms with Crippen LogP contribution in [-0.2, 0) is 0 Å². The zero-order valence-electron chi connectivity index (χ0n) is 11.3. The van der Waals surface area contributed by atoms with Crippen LogP contribution in [0.2, 0.25) is 5.15 Å². The summed E-state index contributed by atoms with van der Waals surface area (Å²) in [7, 11) is 0. The molecule has 5 nitrogen and oxygen atoms in total. The van der Waals surface area contributed by atoms with E-state index in [1.165, 1.54) is 4.68 Å². The Hall–Kier alpha value is -1.93. The van der Waals surface area contributed by atoms with Crippen LogP contribution in [0.15, 0.2) is 6.07 Å². The molecular weight excluding hydrogens is 262 g/mol. The van der Waals surface area contributed by atoms with Crippen LogP contribution in [-0.4, -0.2) is 19.7 Å². The minimum Gasteiger partial charge on any atom is -0.216 e. The van der Waals surface area contributed by atoms with Crippen molar-refractivity contribution in [3.63, 3.8) is 0 Å². The molecule has 0 aliphatic rings. The Bertz CT molecular complexity index is 646. The van der Waals surface area contributed by atoms with E-state index in [2.05, 4.69) is 21.1 Å². The highest BCUT2D eigenvalue weighted by Crippen LogP contribution is 2.26. The highest BCUT2D eigenvalue weighted by molar-refractivity contribution is 6.31. The van der Waals surface area contributed by atoms with E-state index >= 15 is 0 Å². The van der Waals surface area contributed by atoms with E-state index in [-0.39, 0.29) is 11.1 Å². The molecule has 0 N–H and O–H groups in total. The molecule has 0 aliphatic carbocycles. The minimum atomic E-state index is 0.110. The van der Waals surface area contributed by atoms with Crippen LogP contribution in [0.4, 0.5) is 0 Å². The maximum absolute atomic E-state index is 9.19. The van der Waals surface area contributed by atoms with Crippen LogP contribution in [0.1, 0.15) is 42.4 Å².